The third-order valence-corrected chi connectivity index (χ3v) is 8.53. The first-order valence-corrected chi connectivity index (χ1v) is 16.8. The normalized spacial score (nSPS) is 11.5. The topological polar surface area (TPSA) is 46.1 Å². The average Bonchev–Trinajstić information content (AvgIpc) is 2.70. The quantitative estimate of drug-likeness (QED) is 0.0936. The maximum absolute atomic E-state index is 11.6. The monoisotopic (exact) mass is 548 g/mol. The summed E-state index contributed by atoms with van der Waals surface area (Å²) in [5, 5.41) is 0. The van der Waals surface area contributed by atoms with Gasteiger partial charge in [-0.05, 0) is 48.9 Å². The van der Waals surface area contributed by atoms with Crippen molar-refractivity contribution in [3.8, 4) is 0 Å². The fourth-order valence-electron chi connectivity index (χ4n) is 4.13. The first-order chi connectivity index (χ1) is 14.9. The molecule has 180 valence electrons. The molecule has 0 aliphatic rings. The van der Waals surface area contributed by atoms with Crippen LogP contribution in [0.25, 0.3) is 0 Å². The summed E-state index contributed by atoms with van der Waals surface area (Å²) in [6.07, 6.45) is 23.1. The second kappa shape index (κ2) is 21.1. The number of unbranched alkanes of at least 4 members (excludes halogenated alkanes) is 14. The van der Waals surface area contributed by atoms with E-state index in [1.807, 2.05) is 12.1 Å². The summed E-state index contributed by atoms with van der Waals surface area (Å²) in [6, 6.07) is 6.38. The van der Waals surface area contributed by atoms with Crippen LogP contribution in [0, 0.1) is 0 Å². The maximum atomic E-state index is 11.6. The van der Waals surface area contributed by atoms with Crippen LogP contribution in [-0.2, 0) is 44.1 Å². The molecule has 0 saturated heterocycles. The van der Waals surface area contributed by atoms with Gasteiger partial charge in [0.1, 0.15) is 0 Å². The molecule has 0 aromatic heterocycles. The Bertz CT molecular complexity index is 584. The predicted molar refractivity (Wildman–Crippen MR) is 139 cm³/mol. The van der Waals surface area contributed by atoms with Gasteiger partial charge in [0.05, 0.1) is 0 Å². The Kier molecular flexibility index (Phi) is 21.6. The summed E-state index contributed by atoms with van der Waals surface area (Å²) in [7, 11) is 0. The van der Waals surface area contributed by atoms with Crippen LogP contribution in [0.4, 0.5) is 0 Å². The van der Waals surface area contributed by atoms with E-state index in [2.05, 4.69) is 31.7 Å². The summed E-state index contributed by atoms with van der Waals surface area (Å²) in [6.45, 7) is 4.51. The van der Waals surface area contributed by atoms with Crippen molar-refractivity contribution >= 4 is 28.9 Å². The average molecular weight is 550 g/mol. The molecule has 0 N–H and O–H groups in total. The van der Waals surface area contributed by atoms with Crippen LogP contribution < -0.4 is 9.79 Å². The van der Waals surface area contributed by atoms with Crippen LogP contribution >= 0.6 is 17.1 Å². The van der Waals surface area contributed by atoms with Crippen LogP contribution in [0.5, 0.6) is 0 Å². The third kappa shape index (κ3) is 19.1. The zero-order chi connectivity index (χ0) is 22.8. The molecule has 0 spiro atoms. The molecular weight excluding hydrogens is 505 g/mol. The smallest absolute Gasteiger partial charge is 0.824 e. The van der Waals surface area contributed by atoms with Crippen LogP contribution in [-0.4, -0.2) is 0 Å². The molecule has 0 unspecified atom stereocenters. The van der Waals surface area contributed by atoms with Gasteiger partial charge in [-0.25, -0.2) is 0 Å². The van der Waals surface area contributed by atoms with E-state index in [0.717, 1.165) is 29.1 Å². The molecule has 0 fully saturated rings. The third-order valence-electron chi connectivity index (χ3n) is 5.88. The van der Waals surface area contributed by atoms with E-state index in [4.69, 9.17) is 0 Å². The van der Waals surface area contributed by atoms with Crippen LogP contribution in [0.3, 0.4) is 0 Å². The maximum Gasteiger partial charge on any atom is 2.00 e. The zero-order valence-corrected chi connectivity index (χ0v) is 26.2. The van der Waals surface area contributed by atoms with Crippen LogP contribution in [0.2, 0.25) is 0 Å². The van der Waals surface area contributed by atoms with E-state index in [0.29, 0.717) is 0 Å². The molecule has 1 rings (SSSR count). The van der Waals surface area contributed by atoms with Gasteiger partial charge < -0.3 is 9.79 Å². The minimum absolute atomic E-state index is 0. The molecule has 2 nitrogen and oxygen atoms in total. The second-order valence-electron chi connectivity index (χ2n) is 8.97. The van der Waals surface area contributed by atoms with Crippen molar-refractivity contribution in [3.63, 3.8) is 0 Å². The van der Waals surface area contributed by atoms with Gasteiger partial charge in [-0.1, -0.05) is 110 Å². The number of rotatable bonds is 20. The largest absolute Gasteiger partial charge is 2.00 e. The van der Waals surface area contributed by atoms with Gasteiger partial charge in [0, 0.05) is 4.90 Å². The molecule has 6 heteroatoms. The fourth-order valence-corrected chi connectivity index (χ4v) is 6.66. The number of benzene rings is 1. The van der Waals surface area contributed by atoms with Gasteiger partial charge in [-0.3, -0.25) is 0 Å². The molecule has 32 heavy (non-hydrogen) atoms. The molecule has 0 aliphatic carbocycles. The minimum atomic E-state index is -3.78. The molecule has 1 aromatic carbocycles. The van der Waals surface area contributed by atoms with E-state index >= 15 is 0 Å². The van der Waals surface area contributed by atoms with Gasteiger partial charge >= 0.3 is 19.5 Å². The first-order valence-electron chi connectivity index (χ1n) is 12.8. The molecule has 0 heterocycles. The Labute approximate surface area is 220 Å². The van der Waals surface area contributed by atoms with Gasteiger partial charge in [0.25, 0.3) is 0 Å². The Hall–Kier alpha value is 0.763. The van der Waals surface area contributed by atoms with E-state index in [1.54, 1.807) is 0 Å². The Morgan fingerprint density at radius 1 is 0.625 bits per heavy atom. The van der Waals surface area contributed by atoms with Gasteiger partial charge in [-0.2, -0.15) is 5.69 Å². The van der Waals surface area contributed by atoms with Crippen molar-refractivity contribution in [2.45, 2.75) is 134 Å². The van der Waals surface area contributed by atoms with Crippen molar-refractivity contribution in [1.29, 1.82) is 0 Å². The summed E-state index contributed by atoms with van der Waals surface area (Å²) < 4.78 is 0. The van der Waals surface area contributed by atoms with Crippen molar-refractivity contribution in [3.05, 3.63) is 29.3 Å². The van der Waals surface area contributed by atoms with Crippen molar-refractivity contribution < 1.29 is 29.3 Å². The summed E-state index contributed by atoms with van der Waals surface area (Å²) in [5.74, 6) is 0. The molecule has 0 saturated carbocycles. The molecule has 0 atom stereocenters. The van der Waals surface area contributed by atoms with E-state index in [-0.39, 0.29) is 19.5 Å². The SMILES string of the molecule is CCCCCCCCCCc1cc(CCCCCCCCCC)cc(SP([O-])([O-])=S)c1.[Zn+2]. The molecule has 1 aromatic rings. The predicted octanol–water partition coefficient (Wildman–Crippen LogP) is 8.09. The van der Waals surface area contributed by atoms with Crippen molar-refractivity contribution in [2.75, 3.05) is 0 Å². The molecule has 0 amide bonds. The molecular formula is C26H45O2PS2Zn. The Balaban J connectivity index is 0.00000961. The summed E-state index contributed by atoms with van der Waals surface area (Å²) >= 11 is 5.50. The van der Waals surface area contributed by atoms with Crippen LogP contribution in [0.15, 0.2) is 23.1 Å². The summed E-state index contributed by atoms with van der Waals surface area (Å²) in [4.78, 5) is 24.1. The van der Waals surface area contributed by atoms with Crippen molar-refractivity contribution in [2.24, 2.45) is 0 Å². The molecule has 0 bridgehead atoms. The number of hydrogen-bond donors (Lipinski definition) is 0. The first kappa shape index (κ1) is 32.8. The van der Waals surface area contributed by atoms with Crippen LogP contribution in [0.1, 0.15) is 128 Å². The van der Waals surface area contributed by atoms with E-state index < -0.39 is 5.69 Å². The number of aryl methyl sites for hydroxylation is 2. The van der Waals surface area contributed by atoms with Gasteiger partial charge in [0.15, 0.2) is 0 Å². The Morgan fingerprint density at radius 3 is 1.31 bits per heavy atom. The zero-order valence-electron chi connectivity index (χ0n) is 20.7. The van der Waals surface area contributed by atoms with Crippen molar-refractivity contribution in [1.82, 2.24) is 0 Å². The number of hydrogen-bond acceptors (Lipinski definition) is 4. The standard InChI is InChI=1S/C26H47O2PS2.Zn/c1-3-5-7-9-11-13-15-17-19-24-21-25(23-26(22-24)31-29(27,28)30)20-18-16-14-12-10-8-6-4-2;/h21-23H,3-20H2,1-2H3,(H2,27,28,30);/q;+2/p-2. The van der Waals surface area contributed by atoms with Gasteiger partial charge in [-0.15, -0.1) is 23.2 Å². The minimum Gasteiger partial charge on any atom is -0.824 e. The fraction of sp³-hybridized carbons (Fsp3) is 0.769. The van der Waals surface area contributed by atoms with E-state index in [9.17, 15) is 9.79 Å². The van der Waals surface area contributed by atoms with E-state index in [1.165, 1.54) is 114 Å². The Morgan fingerprint density at radius 2 is 0.969 bits per heavy atom. The summed E-state index contributed by atoms with van der Waals surface area (Å²) in [5.41, 5.74) is -1.23. The second-order valence-corrected chi connectivity index (χ2v) is 14.6. The van der Waals surface area contributed by atoms with Gasteiger partial charge in [0.2, 0.25) is 0 Å². The molecule has 0 aliphatic heterocycles. The molecule has 0 radical (unpaired) electrons.